The van der Waals surface area contributed by atoms with Crippen LogP contribution in [0.3, 0.4) is 0 Å². The first kappa shape index (κ1) is 17.4. The molecule has 0 saturated carbocycles. The Hall–Kier alpha value is -2.04. The Labute approximate surface area is 162 Å². The maximum atomic E-state index is 6.60. The fourth-order valence-electron chi connectivity index (χ4n) is 3.57. The van der Waals surface area contributed by atoms with Crippen molar-refractivity contribution in [3.8, 4) is 11.1 Å². The van der Waals surface area contributed by atoms with E-state index in [9.17, 15) is 0 Å². The van der Waals surface area contributed by atoms with E-state index in [1.807, 2.05) is 18.3 Å². The molecule has 0 fully saturated rings. The average Bonchev–Trinajstić information content (AvgIpc) is 2.69. The number of halogens is 1. The van der Waals surface area contributed by atoms with Crippen LogP contribution in [0.15, 0.2) is 47.5 Å². The van der Waals surface area contributed by atoms with Gasteiger partial charge >= 0.3 is 0 Å². The van der Waals surface area contributed by atoms with Gasteiger partial charge in [0.15, 0.2) is 0 Å². The summed E-state index contributed by atoms with van der Waals surface area (Å²) in [4.78, 5) is 8.30. The second kappa shape index (κ2) is 6.93. The molecule has 3 aromatic rings. The first-order valence-corrected chi connectivity index (χ1v) is 10.6. The van der Waals surface area contributed by atoms with Crippen LogP contribution < -0.4 is 9.62 Å². The van der Waals surface area contributed by atoms with E-state index in [1.54, 1.807) is 0 Å². The van der Waals surface area contributed by atoms with Crippen LogP contribution in [-0.4, -0.2) is 23.4 Å². The zero-order valence-corrected chi connectivity index (χ0v) is 16.8. The highest BCUT2D eigenvalue weighted by Crippen LogP contribution is 2.50. The molecule has 0 spiro atoms. The third kappa shape index (κ3) is 2.68. The van der Waals surface area contributed by atoms with Gasteiger partial charge in [0.2, 0.25) is 0 Å². The van der Waals surface area contributed by atoms with Gasteiger partial charge in [-0.25, -0.2) is 0 Å². The van der Waals surface area contributed by atoms with Crippen molar-refractivity contribution in [3.63, 3.8) is 0 Å². The number of rotatable bonds is 3. The molecule has 3 nitrogen and oxygen atoms in total. The van der Waals surface area contributed by atoms with E-state index in [0.29, 0.717) is 0 Å². The zero-order chi connectivity index (χ0) is 18.3. The molecule has 134 valence electrons. The first-order chi connectivity index (χ1) is 12.7. The highest BCUT2D eigenvalue weighted by molar-refractivity contribution is 8.16. The van der Waals surface area contributed by atoms with Crippen LogP contribution in [0.1, 0.15) is 20.8 Å². The molecule has 0 aliphatic carbocycles. The van der Waals surface area contributed by atoms with Gasteiger partial charge in [-0.15, -0.1) is 0 Å². The Balaban J connectivity index is 2.03. The van der Waals surface area contributed by atoms with Crippen molar-refractivity contribution in [1.29, 1.82) is 0 Å². The molecule has 5 heteroatoms. The molecule has 0 radical (unpaired) electrons. The molecule has 26 heavy (non-hydrogen) atoms. The van der Waals surface area contributed by atoms with Gasteiger partial charge in [0.1, 0.15) is 0 Å². The van der Waals surface area contributed by atoms with Crippen molar-refractivity contribution >= 4 is 49.9 Å². The second-order valence-corrected chi connectivity index (χ2v) is 8.41. The summed E-state index contributed by atoms with van der Waals surface area (Å²) in [6, 6.07) is 12.8. The maximum Gasteiger partial charge on any atom is 0.0962 e. The third-order valence-corrected chi connectivity index (χ3v) is 6.95. The number of aromatic nitrogens is 1. The smallest absolute Gasteiger partial charge is 0.0962 e. The van der Waals surface area contributed by atoms with Gasteiger partial charge in [-0.3, -0.25) is 4.98 Å². The zero-order valence-electron chi connectivity index (χ0n) is 15.2. The predicted molar refractivity (Wildman–Crippen MR) is 117 cm³/mol. The van der Waals surface area contributed by atoms with Gasteiger partial charge in [0.05, 0.1) is 16.2 Å². The van der Waals surface area contributed by atoms with Crippen molar-refractivity contribution in [2.45, 2.75) is 25.7 Å². The molecule has 0 amide bonds. The summed E-state index contributed by atoms with van der Waals surface area (Å²) in [6.07, 6.45) is 1.83. The highest BCUT2D eigenvalue weighted by atomic mass is 35.5. The average molecular weight is 384 g/mol. The molecule has 1 atom stereocenters. The molecular formula is C21H22ClN3S. The van der Waals surface area contributed by atoms with E-state index < -0.39 is 0 Å². The van der Waals surface area contributed by atoms with Crippen LogP contribution >= 0.6 is 22.3 Å². The van der Waals surface area contributed by atoms with E-state index in [0.717, 1.165) is 40.3 Å². The van der Waals surface area contributed by atoms with Gasteiger partial charge in [-0.05, 0) is 62.5 Å². The van der Waals surface area contributed by atoms with Crippen molar-refractivity contribution in [2.75, 3.05) is 22.7 Å². The quantitative estimate of drug-likeness (QED) is 0.546. The Morgan fingerprint density at radius 3 is 2.69 bits per heavy atom. The molecular weight excluding hydrogens is 362 g/mol. The molecule has 1 aromatic heterocycles. The van der Waals surface area contributed by atoms with Crippen LogP contribution in [0.5, 0.6) is 0 Å². The number of benzene rings is 2. The second-order valence-electron chi connectivity index (χ2n) is 6.21. The summed E-state index contributed by atoms with van der Waals surface area (Å²) in [5.41, 5.74) is 5.65. The van der Waals surface area contributed by atoms with Gasteiger partial charge in [0, 0.05) is 46.4 Å². The topological polar surface area (TPSA) is 28.2 Å². The van der Waals surface area contributed by atoms with Crippen molar-refractivity contribution < 1.29 is 0 Å². The van der Waals surface area contributed by atoms with Gasteiger partial charge in [-0.1, -0.05) is 22.3 Å². The molecule has 1 unspecified atom stereocenters. The normalized spacial score (nSPS) is 15.5. The van der Waals surface area contributed by atoms with Gasteiger partial charge in [-0.2, -0.15) is 0 Å². The largest absolute Gasteiger partial charge is 0.372 e. The van der Waals surface area contributed by atoms with Crippen LogP contribution in [0.4, 0.5) is 11.4 Å². The number of nitrogens with one attached hydrogen (secondary N) is 1. The number of hydrogen-bond acceptors (Lipinski definition) is 3. The lowest BCUT2D eigenvalue weighted by Crippen LogP contribution is -2.21. The van der Waals surface area contributed by atoms with Crippen molar-refractivity contribution in [3.05, 3.63) is 47.6 Å². The first-order valence-electron chi connectivity index (χ1n) is 8.93. The standard InChI is InChI=1S/C21H22ClN3S/c1-4-25(5-2)14-9-10-19-16(12-14)17-13-18(22)15-8-7-11-23-20(15)21(17)24-26(19)6-3/h6-13,24H,4-5H2,1-3H3. The third-order valence-electron chi connectivity index (χ3n) is 4.91. The number of hydrogen-bond donors (Lipinski definition) is 1. The minimum Gasteiger partial charge on any atom is -0.372 e. The minimum atomic E-state index is -0.153. The Morgan fingerprint density at radius 1 is 1.15 bits per heavy atom. The molecule has 1 aliphatic rings. The van der Waals surface area contributed by atoms with Crippen molar-refractivity contribution in [1.82, 2.24) is 4.98 Å². The molecule has 1 aliphatic heterocycles. The Kier molecular flexibility index (Phi) is 4.63. The van der Waals surface area contributed by atoms with Crippen LogP contribution in [-0.2, 0) is 0 Å². The molecule has 4 rings (SSSR count). The maximum absolute atomic E-state index is 6.60. The molecule has 0 saturated heterocycles. The summed E-state index contributed by atoms with van der Waals surface area (Å²) in [7, 11) is -0.153. The number of anilines is 2. The fraction of sp³-hybridized carbons (Fsp3) is 0.238. The fourth-order valence-corrected chi connectivity index (χ4v) is 5.36. The summed E-state index contributed by atoms with van der Waals surface area (Å²) in [6.45, 7) is 8.47. The summed E-state index contributed by atoms with van der Waals surface area (Å²) >= 11 is 6.60. The summed E-state index contributed by atoms with van der Waals surface area (Å²) < 4.78 is 3.69. The Bertz CT molecular complexity index is 1030. The SMILES string of the molecule is C/C=S1\Nc2c(cc(Cl)c3cccnc23)-c2cc(N(CC)CC)ccc21. The summed E-state index contributed by atoms with van der Waals surface area (Å²) in [5.74, 6) is 0. The Morgan fingerprint density at radius 2 is 1.96 bits per heavy atom. The van der Waals surface area contributed by atoms with E-state index in [2.05, 4.69) is 65.0 Å². The van der Waals surface area contributed by atoms with E-state index in [4.69, 9.17) is 11.6 Å². The van der Waals surface area contributed by atoms with E-state index >= 15 is 0 Å². The van der Waals surface area contributed by atoms with Crippen LogP contribution in [0.2, 0.25) is 5.02 Å². The lowest BCUT2D eigenvalue weighted by molar-refractivity contribution is 0.866. The minimum absolute atomic E-state index is 0.153. The van der Waals surface area contributed by atoms with E-state index in [1.165, 1.54) is 16.1 Å². The molecule has 0 bridgehead atoms. The van der Waals surface area contributed by atoms with Gasteiger partial charge < -0.3 is 9.62 Å². The lowest BCUT2D eigenvalue weighted by atomic mass is 10.00. The summed E-state index contributed by atoms with van der Waals surface area (Å²) in [5, 5.41) is 3.96. The van der Waals surface area contributed by atoms with E-state index in [-0.39, 0.29) is 10.7 Å². The predicted octanol–water partition coefficient (Wildman–Crippen LogP) is 6.19. The molecule has 2 aromatic carbocycles. The van der Waals surface area contributed by atoms with Crippen LogP contribution in [0.25, 0.3) is 22.0 Å². The molecule has 2 heterocycles. The van der Waals surface area contributed by atoms with Gasteiger partial charge in [0.25, 0.3) is 0 Å². The monoisotopic (exact) mass is 383 g/mol. The lowest BCUT2D eigenvalue weighted by Gasteiger charge is -2.29. The van der Waals surface area contributed by atoms with Crippen molar-refractivity contribution in [2.24, 2.45) is 0 Å². The number of fused-ring (bicyclic) bond motifs is 5. The highest BCUT2D eigenvalue weighted by Gasteiger charge is 2.23. The number of nitrogens with zero attached hydrogens (tertiary/aromatic N) is 2. The molecule has 1 N–H and O–H groups in total. The number of pyridine rings is 1. The van der Waals surface area contributed by atoms with Crippen LogP contribution in [0, 0.1) is 0 Å².